The Kier molecular flexibility index (Phi) is 31.0. The molecule has 252 valence electrons. The predicted molar refractivity (Wildman–Crippen MR) is 169 cm³/mol. The van der Waals surface area contributed by atoms with Crippen LogP contribution in [0.5, 0.6) is 5.75 Å². The van der Waals surface area contributed by atoms with E-state index in [1.54, 1.807) is 0 Å². The number of hydrogen-bond donors (Lipinski definition) is 1. The Morgan fingerprint density at radius 2 is 0.814 bits per heavy atom. The highest BCUT2D eigenvalue weighted by atomic mass is 16.6. The standard InChI is InChI=1S/C33H61NO9/c1-3-4-5-6-7-8-9-32-10-12-33(13-11-32)43-31-30-42-29-28-41-27-26-40-25-24-39-23-22-38-21-20-37-19-18-36-17-16-35-15-14-34-2/h10-13,34H,3-9,14-31H2,1-2H3. The smallest absolute Gasteiger partial charge is 0.119 e. The zero-order valence-electron chi connectivity index (χ0n) is 27.2. The summed E-state index contributed by atoms with van der Waals surface area (Å²) in [4.78, 5) is 0. The van der Waals surface area contributed by atoms with Gasteiger partial charge in [-0.2, -0.15) is 0 Å². The molecule has 0 aromatic heterocycles. The molecule has 0 aliphatic rings. The molecule has 1 aromatic rings. The second-order valence-corrected chi connectivity index (χ2v) is 10.0. The Labute approximate surface area is 261 Å². The van der Waals surface area contributed by atoms with Crippen molar-refractivity contribution in [3.8, 4) is 5.75 Å². The van der Waals surface area contributed by atoms with Gasteiger partial charge in [0, 0.05) is 6.54 Å². The second kappa shape index (κ2) is 33.6. The van der Waals surface area contributed by atoms with E-state index in [1.807, 2.05) is 7.05 Å². The number of unbranched alkanes of at least 4 members (excludes halogenated alkanes) is 5. The van der Waals surface area contributed by atoms with Gasteiger partial charge < -0.3 is 47.9 Å². The number of rotatable bonds is 35. The third kappa shape index (κ3) is 29.1. The van der Waals surface area contributed by atoms with Gasteiger partial charge in [-0.15, -0.1) is 0 Å². The highest BCUT2D eigenvalue weighted by molar-refractivity contribution is 5.27. The van der Waals surface area contributed by atoms with Gasteiger partial charge in [0.1, 0.15) is 12.4 Å². The number of nitrogens with one attached hydrogen (secondary N) is 1. The molecule has 1 rings (SSSR count). The van der Waals surface area contributed by atoms with Crippen LogP contribution in [0.3, 0.4) is 0 Å². The predicted octanol–water partition coefficient (Wildman–Crippen LogP) is 4.32. The molecule has 0 aliphatic heterocycles. The third-order valence-corrected chi connectivity index (χ3v) is 6.34. The highest BCUT2D eigenvalue weighted by Crippen LogP contribution is 2.15. The monoisotopic (exact) mass is 615 g/mol. The van der Waals surface area contributed by atoms with E-state index in [0.717, 1.165) is 18.7 Å². The number of ether oxygens (including phenoxy) is 9. The van der Waals surface area contributed by atoms with Crippen molar-refractivity contribution in [2.24, 2.45) is 0 Å². The number of hydrogen-bond acceptors (Lipinski definition) is 10. The van der Waals surface area contributed by atoms with Gasteiger partial charge in [-0.1, -0.05) is 51.2 Å². The zero-order chi connectivity index (χ0) is 30.7. The normalized spacial score (nSPS) is 11.4. The highest BCUT2D eigenvalue weighted by Gasteiger charge is 1.99. The van der Waals surface area contributed by atoms with E-state index in [2.05, 4.69) is 36.5 Å². The fraction of sp³-hybridized carbons (Fsp3) is 0.818. The van der Waals surface area contributed by atoms with Crippen molar-refractivity contribution in [1.29, 1.82) is 0 Å². The van der Waals surface area contributed by atoms with Crippen molar-refractivity contribution in [3.05, 3.63) is 29.8 Å². The third-order valence-electron chi connectivity index (χ3n) is 6.34. The molecule has 10 heteroatoms. The van der Waals surface area contributed by atoms with Crippen LogP contribution in [-0.4, -0.2) is 126 Å². The largest absolute Gasteiger partial charge is 0.491 e. The Morgan fingerprint density at radius 1 is 0.442 bits per heavy atom. The Bertz CT molecular complexity index is 666. The Balaban J connectivity index is 1.72. The summed E-state index contributed by atoms with van der Waals surface area (Å²) in [5.41, 5.74) is 1.38. The zero-order valence-corrected chi connectivity index (χ0v) is 27.2. The summed E-state index contributed by atoms with van der Waals surface area (Å²) in [6.07, 6.45) is 9.11. The maximum absolute atomic E-state index is 5.77. The molecule has 0 amide bonds. The second-order valence-electron chi connectivity index (χ2n) is 10.0. The van der Waals surface area contributed by atoms with E-state index in [-0.39, 0.29) is 0 Å². The molecule has 0 atom stereocenters. The molecule has 0 spiro atoms. The summed E-state index contributed by atoms with van der Waals surface area (Å²) in [7, 11) is 1.90. The molecular weight excluding hydrogens is 554 g/mol. The average molecular weight is 616 g/mol. The molecule has 0 saturated heterocycles. The minimum atomic E-state index is 0.529. The minimum Gasteiger partial charge on any atom is -0.491 e. The molecule has 1 N–H and O–H groups in total. The summed E-state index contributed by atoms with van der Waals surface area (Å²) in [5.74, 6) is 0.890. The van der Waals surface area contributed by atoms with Crippen LogP contribution in [0.4, 0.5) is 0 Å². The van der Waals surface area contributed by atoms with Gasteiger partial charge in [0.2, 0.25) is 0 Å². The van der Waals surface area contributed by atoms with E-state index in [9.17, 15) is 0 Å². The van der Waals surface area contributed by atoms with Crippen molar-refractivity contribution in [2.75, 3.05) is 126 Å². The molecule has 10 nitrogen and oxygen atoms in total. The van der Waals surface area contributed by atoms with E-state index in [4.69, 9.17) is 42.6 Å². The average Bonchev–Trinajstić information content (AvgIpc) is 3.03. The van der Waals surface area contributed by atoms with Crippen LogP contribution >= 0.6 is 0 Å². The topological polar surface area (TPSA) is 95.1 Å². The number of aryl methyl sites for hydroxylation is 1. The van der Waals surface area contributed by atoms with Crippen molar-refractivity contribution in [3.63, 3.8) is 0 Å². The van der Waals surface area contributed by atoms with E-state index in [0.29, 0.717) is 112 Å². The lowest BCUT2D eigenvalue weighted by atomic mass is 10.0. The lowest BCUT2D eigenvalue weighted by Gasteiger charge is -2.09. The molecule has 1 aromatic carbocycles. The molecule has 0 saturated carbocycles. The summed E-state index contributed by atoms with van der Waals surface area (Å²) in [5, 5.41) is 3.02. The first-order valence-electron chi connectivity index (χ1n) is 16.3. The molecule has 0 fully saturated rings. The van der Waals surface area contributed by atoms with Gasteiger partial charge >= 0.3 is 0 Å². The SMILES string of the molecule is CCCCCCCCc1ccc(OCCOCCOCCOCCOCCOCCOCCOCCOCCNC)cc1. The van der Waals surface area contributed by atoms with E-state index >= 15 is 0 Å². The van der Waals surface area contributed by atoms with Gasteiger partial charge in [0.05, 0.1) is 106 Å². The first-order valence-corrected chi connectivity index (χ1v) is 16.3. The summed E-state index contributed by atoms with van der Waals surface area (Å²) < 4.78 is 49.6. The molecule has 0 radical (unpaired) electrons. The Morgan fingerprint density at radius 3 is 1.23 bits per heavy atom. The van der Waals surface area contributed by atoms with Crippen molar-refractivity contribution in [1.82, 2.24) is 5.32 Å². The van der Waals surface area contributed by atoms with Crippen LogP contribution < -0.4 is 10.1 Å². The fourth-order valence-corrected chi connectivity index (χ4v) is 3.90. The number of likely N-dealkylation sites (N-methyl/N-ethyl adjacent to an activating group) is 1. The maximum Gasteiger partial charge on any atom is 0.119 e. The van der Waals surface area contributed by atoms with E-state index < -0.39 is 0 Å². The van der Waals surface area contributed by atoms with Crippen molar-refractivity contribution in [2.45, 2.75) is 51.9 Å². The minimum absolute atomic E-state index is 0.529. The summed E-state index contributed by atoms with van der Waals surface area (Å²) in [6, 6.07) is 8.44. The van der Waals surface area contributed by atoms with Crippen LogP contribution in [0.1, 0.15) is 51.0 Å². The van der Waals surface area contributed by atoms with Gasteiger partial charge in [0.25, 0.3) is 0 Å². The molecular formula is C33H61NO9. The van der Waals surface area contributed by atoms with Gasteiger partial charge in [-0.3, -0.25) is 0 Å². The molecule has 0 bridgehead atoms. The van der Waals surface area contributed by atoms with Gasteiger partial charge in [-0.25, -0.2) is 0 Å². The lowest BCUT2D eigenvalue weighted by Crippen LogP contribution is -2.17. The van der Waals surface area contributed by atoms with Crippen LogP contribution in [0, 0.1) is 0 Å². The van der Waals surface area contributed by atoms with Gasteiger partial charge in [0.15, 0.2) is 0 Å². The molecule has 0 unspecified atom stereocenters. The van der Waals surface area contributed by atoms with Crippen LogP contribution in [0.15, 0.2) is 24.3 Å². The molecule has 0 heterocycles. The van der Waals surface area contributed by atoms with Crippen LogP contribution in [0.25, 0.3) is 0 Å². The first-order chi connectivity index (χ1) is 21.4. The van der Waals surface area contributed by atoms with Crippen LogP contribution in [-0.2, 0) is 44.3 Å². The molecule has 0 aliphatic carbocycles. The van der Waals surface area contributed by atoms with E-state index in [1.165, 1.54) is 44.1 Å². The number of benzene rings is 1. The van der Waals surface area contributed by atoms with Gasteiger partial charge in [-0.05, 0) is 37.6 Å². The summed E-state index contributed by atoms with van der Waals surface area (Å²) >= 11 is 0. The quantitative estimate of drug-likeness (QED) is 0.111. The first kappa shape index (κ1) is 39.7. The van der Waals surface area contributed by atoms with Crippen LogP contribution in [0.2, 0.25) is 0 Å². The Hall–Kier alpha value is -1.34. The summed E-state index contributed by atoms with van der Waals surface area (Å²) in [6.45, 7) is 12.5. The lowest BCUT2D eigenvalue weighted by molar-refractivity contribution is -0.0235. The van der Waals surface area contributed by atoms with Crippen molar-refractivity contribution < 1.29 is 42.6 Å². The van der Waals surface area contributed by atoms with Crippen molar-refractivity contribution >= 4 is 0 Å². The fourth-order valence-electron chi connectivity index (χ4n) is 3.90. The molecule has 43 heavy (non-hydrogen) atoms. The maximum atomic E-state index is 5.77.